The molecule has 316 valence electrons. The fourth-order valence-corrected chi connectivity index (χ4v) is 5.53. The second-order valence-corrected chi connectivity index (χ2v) is 14.8. The van der Waals surface area contributed by atoms with Crippen molar-refractivity contribution in [3.63, 3.8) is 0 Å². The van der Waals surface area contributed by atoms with Gasteiger partial charge in [0, 0.05) is 12.8 Å². The van der Waals surface area contributed by atoms with Crippen molar-refractivity contribution in [1.29, 1.82) is 0 Å². The van der Waals surface area contributed by atoms with Gasteiger partial charge in [0.05, 0.1) is 6.61 Å². The fraction of sp³-hybridized carbons (Fsp3) is 0.574. The van der Waals surface area contributed by atoms with Crippen molar-refractivity contribution in [2.75, 3.05) is 13.2 Å². The molecule has 0 fully saturated rings. The molecule has 0 aliphatic heterocycles. The van der Waals surface area contributed by atoms with Crippen LogP contribution in [0.3, 0.4) is 0 Å². The van der Waals surface area contributed by atoms with E-state index >= 15 is 0 Å². The van der Waals surface area contributed by atoms with Crippen LogP contribution < -0.4 is 0 Å². The van der Waals surface area contributed by atoms with Crippen LogP contribution in [-0.2, 0) is 28.2 Å². The molecule has 0 spiro atoms. The van der Waals surface area contributed by atoms with Gasteiger partial charge in [0.1, 0.15) is 6.61 Å². The monoisotopic (exact) mass is 799 g/mol. The summed E-state index contributed by atoms with van der Waals surface area (Å²) in [5.41, 5.74) is 0. The summed E-state index contributed by atoms with van der Waals surface area (Å²) in [6.07, 6.45) is 58.2. The molecule has 9 heteroatoms. The molecule has 1 atom stereocenters. The minimum absolute atomic E-state index is 0.0769. The summed E-state index contributed by atoms with van der Waals surface area (Å²) < 4.78 is 26.3. The third-order valence-electron chi connectivity index (χ3n) is 8.29. The molecule has 8 nitrogen and oxygen atoms in total. The standard InChI is InChI=1S/C47H75O8P/c1-3-5-7-9-11-13-15-17-19-21-23-25-27-29-31-33-35-37-39-41-46(48)53-43-45(44-54-56(50,51)52)55-47(49)42-40-38-36-34-32-30-28-26-24-22-20-18-16-14-12-10-8-6-4-2/h6,8,11-14,17-20,23-26,30,32,36,38,45H,3-5,7,9-10,15-16,21-22,27-29,31,33-35,37,39-44H2,1-2H3,(H2,50,51,52)/b8-6-,13-11-,14-12-,19-17-,20-18-,25-23-,26-24-,32-30-,38-36-. The van der Waals surface area contributed by atoms with Gasteiger partial charge in [-0.05, 0) is 89.9 Å². The van der Waals surface area contributed by atoms with Crippen LogP contribution in [0.25, 0.3) is 0 Å². The van der Waals surface area contributed by atoms with Gasteiger partial charge in [-0.2, -0.15) is 0 Å². The quantitative estimate of drug-likeness (QED) is 0.0276. The van der Waals surface area contributed by atoms with E-state index in [9.17, 15) is 14.2 Å². The Morgan fingerprint density at radius 2 is 0.893 bits per heavy atom. The zero-order valence-corrected chi connectivity index (χ0v) is 35.6. The molecule has 0 radical (unpaired) electrons. The number of unbranched alkanes of at least 4 members (excludes halogenated alkanes) is 9. The normalized spacial score (nSPS) is 13.6. The van der Waals surface area contributed by atoms with E-state index in [1.807, 2.05) is 12.2 Å². The van der Waals surface area contributed by atoms with E-state index in [4.69, 9.17) is 19.3 Å². The maximum absolute atomic E-state index is 12.4. The highest BCUT2D eigenvalue weighted by Crippen LogP contribution is 2.36. The molecule has 0 amide bonds. The first-order valence-electron chi connectivity index (χ1n) is 21.2. The molecular formula is C47H75O8P. The third-order valence-corrected chi connectivity index (χ3v) is 8.77. The second kappa shape index (κ2) is 41.3. The third kappa shape index (κ3) is 43.4. The number of hydrogen-bond acceptors (Lipinski definition) is 6. The van der Waals surface area contributed by atoms with Crippen LogP contribution in [0.15, 0.2) is 109 Å². The van der Waals surface area contributed by atoms with Gasteiger partial charge in [0.25, 0.3) is 0 Å². The molecule has 1 unspecified atom stereocenters. The summed E-state index contributed by atoms with van der Waals surface area (Å²) in [5.74, 6) is -1.01. The number of carbonyl (C=O) groups excluding carboxylic acids is 2. The average molecular weight is 799 g/mol. The first kappa shape index (κ1) is 52.7. The second-order valence-electron chi connectivity index (χ2n) is 13.6. The summed E-state index contributed by atoms with van der Waals surface area (Å²) in [6.45, 7) is 3.46. The molecule has 0 saturated heterocycles. The van der Waals surface area contributed by atoms with Gasteiger partial charge in [-0.1, -0.05) is 162 Å². The lowest BCUT2D eigenvalue weighted by Crippen LogP contribution is -2.29. The fourth-order valence-electron chi connectivity index (χ4n) is 5.17. The molecule has 0 aliphatic rings. The van der Waals surface area contributed by atoms with Crippen molar-refractivity contribution in [2.45, 2.75) is 161 Å². The van der Waals surface area contributed by atoms with Gasteiger partial charge in [0.2, 0.25) is 0 Å². The lowest BCUT2D eigenvalue weighted by Gasteiger charge is -2.18. The maximum atomic E-state index is 12.4. The Morgan fingerprint density at radius 1 is 0.482 bits per heavy atom. The van der Waals surface area contributed by atoms with Crippen molar-refractivity contribution in [3.8, 4) is 0 Å². The minimum Gasteiger partial charge on any atom is -0.462 e. The molecule has 0 saturated carbocycles. The lowest BCUT2D eigenvalue weighted by atomic mass is 10.1. The highest BCUT2D eigenvalue weighted by molar-refractivity contribution is 7.46. The maximum Gasteiger partial charge on any atom is 0.469 e. The van der Waals surface area contributed by atoms with Gasteiger partial charge < -0.3 is 19.3 Å². The van der Waals surface area contributed by atoms with Crippen molar-refractivity contribution in [1.82, 2.24) is 0 Å². The van der Waals surface area contributed by atoms with Crippen LogP contribution in [-0.4, -0.2) is 41.0 Å². The predicted molar refractivity (Wildman–Crippen MR) is 234 cm³/mol. The minimum atomic E-state index is -4.79. The van der Waals surface area contributed by atoms with Crippen molar-refractivity contribution in [3.05, 3.63) is 109 Å². The smallest absolute Gasteiger partial charge is 0.462 e. The Bertz CT molecular complexity index is 1260. The van der Waals surface area contributed by atoms with Crippen LogP contribution in [0.1, 0.15) is 155 Å². The van der Waals surface area contributed by atoms with E-state index in [0.717, 1.165) is 89.9 Å². The largest absolute Gasteiger partial charge is 0.469 e. The SMILES string of the molecule is CC/C=C\C/C=C\C/C=C\C/C=C\C/C=C\C/C=C\CCC(=O)OC(COC(=O)CCCCCCCC/C=C\C/C=C\C/C=C\CCCCC)COP(=O)(O)O. The first-order valence-corrected chi connectivity index (χ1v) is 22.7. The number of rotatable bonds is 37. The molecular weight excluding hydrogens is 723 g/mol. The molecule has 0 aromatic heterocycles. The highest BCUT2D eigenvalue weighted by Gasteiger charge is 2.22. The summed E-state index contributed by atoms with van der Waals surface area (Å²) in [5, 5.41) is 0. The number of esters is 2. The van der Waals surface area contributed by atoms with Gasteiger partial charge >= 0.3 is 19.8 Å². The molecule has 0 heterocycles. The Morgan fingerprint density at radius 3 is 1.36 bits per heavy atom. The Kier molecular flexibility index (Phi) is 38.9. The van der Waals surface area contributed by atoms with E-state index in [0.29, 0.717) is 12.8 Å². The molecule has 2 N–H and O–H groups in total. The number of hydrogen-bond donors (Lipinski definition) is 2. The van der Waals surface area contributed by atoms with Crippen LogP contribution in [0.4, 0.5) is 0 Å². The summed E-state index contributed by atoms with van der Waals surface area (Å²) in [6, 6.07) is 0. The van der Waals surface area contributed by atoms with Crippen molar-refractivity contribution >= 4 is 19.8 Å². The lowest BCUT2D eigenvalue weighted by molar-refractivity contribution is -0.161. The molecule has 0 aliphatic carbocycles. The van der Waals surface area contributed by atoms with Gasteiger partial charge in [-0.3, -0.25) is 14.1 Å². The number of allylic oxidation sites excluding steroid dienone is 18. The van der Waals surface area contributed by atoms with E-state index in [2.05, 4.69) is 116 Å². The molecule has 0 aromatic rings. The zero-order valence-electron chi connectivity index (χ0n) is 34.7. The average Bonchev–Trinajstić information content (AvgIpc) is 3.17. The number of ether oxygens (including phenoxy) is 2. The van der Waals surface area contributed by atoms with Crippen LogP contribution in [0, 0.1) is 0 Å². The number of carbonyl (C=O) groups is 2. The molecule has 56 heavy (non-hydrogen) atoms. The molecule has 0 bridgehead atoms. The highest BCUT2D eigenvalue weighted by atomic mass is 31.2. The van der Waals surface area contributed by atoms with Crippen molar-refractivity contribution in [2.24, 2.45) is 0 Å². The Labute approximate surface area is 340 Å². The predicted octanol–water partition coefficient (Wildman–Crippen LogP) is 13.2. The van der Waals surface area contributed by atoms with Crippen LogP contribution in [0.2, 0.25) is 0 Å². The first-order chi connectivity index (χ1) is 27.3. The molecule has 0 aromatic carbocycles. The number of phosphoric ester groups is 1. The summed E-state index contributed by atoms with van der Waals surface area (Å²) in [7, 11) is -4.79. The van der Waals surface area contributed by atoms with E-state index in [1.165, 1.54) is 25.7 Å². The number of phosphoric acid groups is 1. The van der Waals surface area contributed by atoms with Gasteiger partial charge in [-0.15, -0.1) is 0 Å². The van der Waals surface area contributed by atoms with E-state index in [-0.39, 0.29) is 19.4 Å². The summed E-state index contributed by atoms with van der Waals surface area (Å²) >= 11 is 0. The molecule has 0 rings (SSSR count). The van der Waals surface area contributed by atoms with Crippen LogP contribution in [0.5, 0.6) is 0 Å². The Balaban J connectivity index is 4.10. The Hall–Kier alpha value is -3.29. The van der Waals surface area contributed by atoms with E-state index < -0.39 is 32.5 Å². The zero-order chi connectivity index (χ0) is 41.1. The van der Waals surface area contributed by atoms with E-state index in [1.54, 1.807) is 0 Å². The topological polar surface area (TPSA) is 119 Å². The van der Waals surface area contributed by atoms with Crippen LogP contribution >= 0.6 is 7.82 Å². The summed E-state index contributed by atoms with van der Waals surface area (Å²) in [4.78, 5) is 42.8. The van der Waals surface area contributed by atoms with Gasteiger partial charge in [-0.25, -0.2) is 4.57 Å². The van der Waals surface area contributed by atoms with Gasteiger partial charge in [0.15, 0.2) is 6.10 Å². The van der Waals surface area contributed by atoms with Crippen molar-refractivity contribution < 1.29 is 37.9 Å².